The molecule has 0 spiro atoms. The van der Waals surface area contributed by atoms with Gasteiger partial charge in [-0.05, 0) is 45.7 Å². The first-order valence-electron chi connectivity index (χ1n) is 5.25. The summed E-state index contributed by atoms with van der Waals surface area (Å²) in [4.78, 5) is 0. The van der Waals surface area contributed by atoms with Gasteiger partial charge in [0.15, 0.2) is 0 Å². The van der Waals surface area contributed by atoms with Crippen LogP contribution in [0.2, 0.25) is 0 Å². The molecule has 1 rings (SSSR count). The average Bonchev–Trinajstić information content (AvgIpc) is 2.28. The zero-order valence-corrected chi connectivity index (χ0v) is 9.52. The molecule has 1 aromatic heterocycles. The Labute approximate surface area is 81.8 Å². The summed E-state index contributed by atoms with van der Waals surface area (Å²) < 4.78 is 2.42. The molecule has 0 saturated heterocycles. The quantitative estimate of drug-likeness (QED) is 0.667. The molecule has 0 bridgehead atoms. The summed E-state index contributed by atoms with van der Waals surface area (Å²) in [5, 5.41) is 0. The van der Waals surface area contributed by atoms with Crippen molar-refractivity contribution in [3.63, 3.8) is 0 Å². The summed E-state index contributed by atoms with van der Waals surface area (Å²) in [6.07, 6.45) is 2.45. The van der Waals surface area contributed by atoms with Gasteiger partial charge in [0, 0.05) is 17.4 Å². The van der Waals surface area contributed by atoms with E-state index in [1.165, 1.54) is 29.8 Å². The summed E-state index contributed by atoms with van der Waals surface area (Å²) in [7, 11) is 0. The van der Waals surface area contributed by atoms with Crippen LogP contribution in [0.3, 0.4) is 0 Å². The van der Waals surface area contributed by atoms with Crippen molar-refractivity contribution in [1.82, 2.24) is 4.57 Å². The average molecular weight is 179 g/mol. The van der Waals surface area contributed by atoms with Gasteiger partial charge in [-0.15, -0.1) is 0 Å². The lowest BCUT2D eigenvalue weighted by Crippen LogP contribution is -2.05. The standard InChI is InChI=1S/C12H21N/c1-6-7-12-8-10(4)13(9(2)3)11(12)5/h8-9H,6-7H2,1-5H3. The van der Waals surface area contributed by atoms with Crippen LogP contribution in [0.1, 0.15) is 50.2 Å². The Balaban J connectivity index is 3.07. The molecule has 0 atom stereocenters. The summed E-state index contributed by atoms with van der Waals surface area (Å²) in [6.45, 7) is 11.2. The van der Waals surface area contributed by atoms with Crippen LogP contribution in [0.15, 0.2) is 6.07 Å². The number of hydrogen-bond acceptors (Lipinski definition) is 0. The third-order valence-corrected chi connectivity index (χ3v) is 2.62. The molecular weight excluding hydrogens is 158 g/mol. The third-order valence-electron chi connectivity index (χ3n) is 2.62. The zero-order chi connectivity index (χ0) is 10.0. The molecule has 0 aromatic carbocycles. The topological polar surface area (TPSA) is 4.93 Å². The minimum absolute atomic E-state index is 0.589. The van der Waals surface area contributed by atoms with E-state index >= 15 is 0 Å². The van der Waals surface area contributed by atoms with Crippen molar-refractivity contribution in [2.45, 2.75) is 53.5 Å². The predicted molar refractivity (Wildman–Crippen MR) is 58.3 cm³/mol. The largest absolute Gasteiger partial charge is 0.346 e. The van der Waals surface area contributed by atoms with Crippen LogP contribution in [0, 0.1) is 13.8 Å². The molecule has 0 amide bonds. The Hall–Kier alpha value is -0.720. The Kier molecular flexibility index (Phi) is 3.18. The van der Waals surface area contributed by atoms with Crippen LogP contribution >= 0.6 is 0 Å². The maximum absolute atomic E-state index is 2.42. The highest BCUT2D eigenvalue weighted by Gasteiger charge is 2.09. The van der Waals surface area contributed by atoms with E-state index in [0.29, 0.717) is 6.04 Å². The van der Waals surface area contributed by atoms with E-state index in [4.69, 9.17) is 0 Å². The molecule has 13 heavy (non-hydrogen) atoms. The van der Waals surface area contributed by atoms with Gasteiger partial charge in [0.25, 0.3) is 0 Å². The smallest absolute Gasteiger partial charge is 0.0279 e. The van der Waals surface area contributed by atoms with E-state index in [9.17, 15) is 0 Å². The lowest BCUT2D eigenvalue weighted by molar-refractivity contribution is 0.572. The van der Waals surface area contributed by atoms with Gasteiger partial charge in [-0.3, -0.25) is 0 Å². The highest BCUT2D eigenvalue weighted by atomic mass is 15.0. The van der Waals surface area contributed by atoms with Crippen LogP contribution < -0.4 is 0 Å². The molecule has 0 aliphatic rings. The second-order valence-corrected chi connectivity index (χ2v) is 4.11. The van der Waals surface area contributed by atoms with E-state index in [-0.39, 0.29) is 0 Å². The fourth-order valence-electron chi connectivity index (χ4n) is 2.16. The molecule has 0 fully saturated rings. The van der Waals surface area contributed by atoms with Gasteiger partial charge in [0.2, 0.25) is 0 Å². The second kappa shape index (κ2) is 3.99. The molecule has 0 radical (unpaired) electrons. The highest BCUT2D eigenvalue weighted by molar-refractivity contribution is 5.27. The Morgan fingerprint density at radius 3 is 2.31 bits per heavy atom. The van der Waals surface area contributed by atoms with E-state index in [0.717, 1.165) is 0 Å². The molecule has 74 valence electrons. The molecule has 0 aliphatic heterocycles. The predicted octanol–water partition coefficient (Wildman–Crippen LogP) is 3.64. The molecule has 0 N–H and O–H groups in total. The van der Waals surface area contributed by atoms with Crippen LogP contribution in [-0.2, 0) is 6.42 Å². The lowest BCUT2D eigenvalue weighted by atomic mass is 10.1. The van der Waals surface area contributed by atoms with Crippen LogP contribution in [0.5, 0.6) is 0 Å². The number of rotatable bonds is 3. The van der Waals surface area contributed by atoms with Crippen molar-refractivity contribution in [3.8, 4) is 0 Å². The number of hydrogen-bond donors (Lipinski definition) is 0. The van der Waals surface area contributed by atoms with Gasteiger partial charge < -0.3 is 4.57 Å². The lowest BCUT2D eigenvalue weighted by Gasteiger charge is -2.13. The summed E-state index contributed by atoms with van der Waals surface area (Å²) in [6, 6.07) is 2.92. The fourth-order valence-corrected chi connectivity index (χ4v) is 2.16. The maximum Gasteiger partial charge on any atom is 0.0279 e. The van der Waals surface area contributed by atoms with Gasteiger partial charge in [-0.2, -0.15) is 0 Å². The highest BCUT2D eigenvalue weighted by Crippen LogP contribution is 2.20. The van der Waals surface area contributed by atoms with Crippen LogP contribution in [-0.4, -0.2) is 4.57 Å². The molecular formula is C12H21N. The van der Waals surface area contributed by atoms with E-state index in [1.807, 2.05) is 0 Å². The van der Waals surface area contributed by atoms with Crippen molar-refractivity contribution < 1.29 is 0 Å². The minimum Gasteiger partial charge on any atom is -0.346 e. The van der Waals surface area contributed by atoms with E-state index in [2.05, 4.69) is 45.3 Å². The van der Waals surface area contributed by atoms with Crippen molar-refractivity contribution in [3.05, 3.63) is 23.0 Å². The van der Waals surface area contributed by atoms with Gasteiger partial charge in [-0.1, -0.05) is 13.3 Å². The normalized spacial score (nSPS) is 11.2. The minimum atomic E-state index is 0.589. The first-order chi connectivity index (χ1) is 6.07. The first kappa shape index (κ1) is 10.4. The molecule has 1 aromatic rings. The molecule has 0 saturated carbocycles. The van der Waals surface area contributed by atoms with Crippen molar-refractivity contribution >= 4 is 0 Å². The van der Waals surface area contributed by atoms with E-state index < -0.39 is 0 Å². The number of aromatic nitrogens is 1. The second-order valence-electron chi connectivity index (χ2n) is 4.11. The Morgan fingerprint density at radius 1 is 1.31 bits per heavy atom. The van der Waals surface area contributed by atoms with Crippen LogP contribution in [0.25, 0.3) is 0 Å². The van der Waals surface area contributed by atoms with Crippen LogP contribution in [0.4, 0.5) is 0 Å². The SMILES string of the molecule is CCCc1cc(C)n(C(C)C)c1C. The molecule has 0 unspecified atom stereocenters. The number of aryl methyl sites for hydroxylation is 2. The van der Waals surface area contributed by atoms with Crippen molar-refractivity contribution in [2.24, 2.45) is 0 Å². The molecule has 1 nitrogen and oxygen atoms in total. The van der Waals surface area contributed by atoms with Gasteiger partial charge >= 0.3 is 0 Å². The van der Waals surface area contributed by atoms with Crippen molar-refractivity contribution in [2.75, 3.05) is 0 Å². The fraction of sp³-hybridized carbons (Fsp3) is 0.667. The van der Waals surface area contributed by atoms with Gasteiger partial charge in [0.1, 0.15) is 0 Å². The Bertz CT molecular complexity index is 282. The third kappa shape index (κ3) is 1.96. The zero-order valence-electron chi connectivity index (χ0n) is 9.52. The molecule has 0 aliphatic carbocycles. The summed E-state index contributed by atoms with van der Waals surface area (Å²) in [5.41, 5.74) is 4.37. The summed E-state index contributed by atoms with van der Waals surface area (Å²) in [5.74, 6) is 0. The summed E-state index contributed by atoms with van der Waals surface area (Å²) >= 11 is 0. The number of nitrogens with zero attached hydrogens (tertiary/aromatic N) is 1. The van der Waals surface area contributed by atoms with E-state index in [1.54, 1.807) is 0 Å². The van der Waals surface area contributed by atoms with Crippen molar-refractivity contribution in [1.29, 1.82) is 0 Å². The maximum atomic E-state index is 2.42. The first-order valence-corrected chi connectivity index (χ1v) is 5.25. The van der Waals surface area contributed by atoms with Gasteiger partial charge in [0.05, 0.1) is 0 Å². The molecule has 1 heterocycles. The molecule has 1 heteroatoms. The Morgan fingerprint density at radius 2 is 1.92 bits per heavy atom. The van der Waals surface area contributed by atoms with Gasteiger partial charge in [-0.25, -0.2) is 0 Å². The monoisotopic (exact) mass is 179 g/mol.